The molecule has 1 heterocycles. The molecule has 0 bridgehead atoms. The molecule has 0 radical (unpaired) electrons. The number of benzene rings is 1. The van der Waals surface area contributed by atoms with Crippen LogP contribution < -0.4 is 4.74 Å². The number of fused-ring (bicyclic) bond motifs is 1. The highest BCUT2D eigenvalue weighted by Crippen LogP contribution is 2.28. The van der Waals surface area contributed by atoms with E-state index in [1.165, 1.54) is 5.56 Å². The molecular weight excluding hydrogens is 228 g/mol. The highest BCUT2D eigenvalue weighted by atomic mass is 16.5. The lowest BCUT2D eigenvalue weighted by Crippen LogP contribution is -2.08. The van der Waals surface area contributed by atoms with Crippen LogP contribution in [0.5, 0.6) is 5.75 Å². The van der Waals surface area contributed by atoms with Crippen molar-refractivity contribution in [1.29, 1.82) is 0 Å². The van der Waals surface area contributed by atoms with Crippen LogP contribution in [-0.4, -0.2) is 17.7 Å². The Morgan fingerprint density at radius 2 is 2.28 bits per heavy atom. The zero-order chi connectivity index (χ0) is 13.0. The van der Waals surface area contributed by atoms with Crippen molar-refractivity contribution in [1.82, 2.24) is 0 Å². The average molecular weight is 244 g/mol. The fourth-order valence-corrected chi connectivity index (χ4v) is 1.98. The maximum absolute atomic E-state index is 10.4. The molecule has 1 aliphatic heterocycles. The summed E-state index contributed by atoms with van der Waals surface area (Å²) in [5, 5.41) is 8.52. The first-order valence-electron chi connectivity index (χ1n) is 6.01. The maximum atomic E-state index is 10.4. The fraction of sp³-hybridized carbons (Fsp3) is 0.267. The Balaban J connectivity index is 2.20. The van der Waals surface area contributed by atoms with E-state index >= 15 is 0 Å². The number of ether oxygens (including phenoxy) is 1. The van der Waals surface area contributed by atoms with E-state index in [-0.39, 0.29) is 0 Å². The van der Waals surface area contributed by atoms with E-state index in [0.717, 1.165) is 42.4 Å². The number of carbonyl (C=O) groups is 1. The summed E-state index contributed by atoms with van der Waals surface area (Å²) in [5.74, 6) is 0.0387. The minimum absolute atomic E-state index is 0.794. The Morgan fingerprint density at radius 3 is 3.06 bits per heavy atom. The van der Waals surface area contributed by atoms with Crippen LogP contribution in [0.25, 0.3) is 5.57 Å². The summed E-state index contributed by atoms with van der Waals surface area (Å²) in [6.45, 7) is 2.76. The molecule has 94 valence electrons. The van der Waals surface area contributed by atoms with Crippen LogP contribution in [0.1, 0.15) is 24.5 Å². The predicted octanol–water partition coefficient (Wildman–Crippen LogP) is 3.06. The highest BCUT2D eigenvalue weighted by molar-refractivity contribution is 5.80. The van der Waals surface area contributed by atoms with Crippen LogP contribution in [0.4, 0.5) is 0 Å². The molecule has 1 N–H and O–H groups in total. The van der Waals surface area contributed by atoms with Gasteiger partial charge in [-0.15, -0.1) is 0 Å². The molecule has 0 atom stereocenters. The molecule has 2 rings (SSSR count). The monoisotopic (exact) mass is 244 g/mol. The second-order valence-corrected chi connectivity index (χ2v) is 4.32. The molecule has 1 aromatic carbocycles. The Kier molecular flexibility index (Phi) is 3.82. The molecular formula is C15H16O3. The molecule has 3 heteroatoms. The number of carboxylic acid groups (broad SMARTS) is 1. The van der Waals surface area contributed by atoms with E-state index in [1.54, 1.807) is 12.2 Å². The number of hydrogen-bond donors (Lipinski definition) is 1. The van der Waals surface area contributed by atoms with Gasteiger partial charge in [0.2, 0.25) is 0 Å². The van der Waals surface area contributed by atoms with Crippen molar-refractivity contribution in [3.05, 3.63) is 47.6 Å². The minimum Gasteiger partial charge on any atom is -0.493 e. The van der Waals surface area contributed by atoms with Gasteiger partial charge < -0.3 is 9.84 Å². The van der Waals surface area contributed by atoms with Crippen LogP contribution in [-0.2, 0) is 11.2 Å². The summed E-state index contributed by atoms with van der Waals surface area (Å²) >= 11 is 0. The van der Waals surface area contributed by atoms with Gasteiger partial charge in [-0.1, -0.05) is 18.2 Å². The first kappa shape index (κ1) is 12.4. The van der Waals surface area contributed by atoms with Crippen molar-refractivity contribution < 1.29 is 14.6 Å². The summed E-state index contributed by atoms with van der Waals surface area (Å²) in [6.07, 6.45) is 6.58. The molecule has 1 aliphatic rings. The van der Waals surface area contributed by atoms with Crippen LogP contribution in [0, 0.1) is 0 Å². The van der Waals surface area contributed by atoms with Crippen molar-refractivity contribution in [3.8, 4) is 5.75 Å². The smallest absolute Gasteiger partial charge is 0.328 e. The largest absolute Gasteiger partial charge is 0.493 e. The third-order valence-corrected chi connectivity index (χ3v) is 2.95. The van der Waals surface area contributed by atoms with E-state index in [0.29, 0.717) is 0 Å². The fourth-order valence-electron chi connectivity index (χ4n) is 1.98. The second-order valence-electron chi connectivity index (χ2n) is 4.32. The van der Waals surface area contributed by atoms with Crippen molar-refractivity contribution in [2.75, 3.05) is 6.61 Å². The van der Waals surface area contributed by atoms with Gasteiger partial charge in [0.15, 0.2) is 0 Å². The van der Waals surface area contributed by atoms with Crippen molar-refractivity contribution >= 4 is 11.5 Å². The topological polar surface area (TPSA) is 46.5 Å². The molecule has 3 nitrogen and oxygen atoms in total. The molecule has 0 unspecified atom stereocenters. The number of hydrogen-bond acceptors (Lipinski definition) is 2. The lowest BCUT2D eigenvalue weighted by Gasteiger charge is -2.18. The third-order valence-electron chi connectivity index (χ3n) is 2.95. The number of carboxylic acids is 1. The lowest BCUT2D eigenvalue weighted by atomic mass is 9.99. The molecule has 1 aromatic rings. The standard InChI is InChI=1S/C15H16O3/c1-11(4-2-6-15(16)17)12-7-8-14-13(10-12)5-3-9-18-14/h2,4,6-8,10H,3,5,9H2,1H3,(H,16,17)/b6-2+,11-4+. The van der Waals surface area contributed by atoms with Gasteiger partial charge in [-0.2, -0.15) is 0 Å². The average Bonchev–Trinajstić information content (AvgIpc) is 2.37. The second kappa shape index (κ2) is 5.54. The molecule has 0 amide bonds. The van der Waals surface area contributed by atoms with E-state index in [1.807, 2.05) is 19.1 Å². The molecule has 0 spiro atoms. The number of aliphatic carboxylic acids is 1. The normalized spacial score (nSPS) is 15.3. The Hall–Kier alpha value is -2.03. The first-order valence-corrected chi connectivity index (χ1v) is 6.01. The van der Waals surface area contributed by atoms with Gasteiger partial charge in [0, 0.05) is 6.08 Å². The van der Waals surface area contributed by atoms with E-state index in [4.69, 9.17) is 9.84 Å². The maximum Gasteiger partial charge on any atom is 0.328 e. The third kappa shape index (κ3) is 3.00. The van der Waals surface area contributed by atoms with Crippen LogP contribution >= 0.6 is 0 Å². The first-order chi connectivity index (χ1) is 8.66. The van der Waals surface area contributed by atoms with Crippen LogP contribution in [0.2, 0.25) is 0 Å². The van der Waals surface area contributed by atoms with Gasteiger partial charge in [0.1, 0.15) is 5.75 Å². The molecule has 0 aromatic heterocycles. The summed E-state index contributed by atoms with van der Waals surface area (Å²) in [5.41, 5.74) is 3.38. The Morgan fingerprint density at radius 1 is 1.44 bits per heavy atom. The number of rotatable bonds is 3. The molecule has 0 aliphatic carbocycles. The highest BCUT2D eigenvalue weighted by Gasteiger charge is 2.10. The van der Waals surface area contributed by atoms with E-state index in [9.17, 15) is 4.79 Å². The van der Waals surface area contributed by atoms with Gasteiger partial charge in [0.25, 0.3) is 0 Å². The van der Waals surface area contributed by atoms with Crippen molar-refractivity contribution in [2.24, 2.45) is 0 Å². The predicted molar refractivity (Wildman–Crippen MR) is 70.7 cm³/mol. The van der Waals surface area contributed by atoms with Crippen molar-refractivity contribution in [2.45, 2.75) is 19.8 Å². The quantitative estimate of drug-likeness (QED) is 0.656. The van der Waals surface area contributed by atoms with E-state index < -0.39 is 5.97 Å². The SMILES string of the molecule is C/C(=C\C=C\C(=O)O)c1ccc2c(c1)CCCO2. The van der Waals surface area contributed by atoms with Crippen LogP contribution in [0.3, 0.4) is 0 Å². The summed E-state index contributed by atoms with van der Waals surface area (Å²) < 4.78 is 5.56. The lowest BCUT2D eigenvalue weighted by molar-refractivity contribution is -0.131. The molecule has 18 heavy (non-hydrogen) atoms. The van der Waals surface area contributed by atoms with E-state index in [2.05, 4.69) is 6.07 Å². The van der Waals surface area contributed by atoms with Gasteiger partial charge in [0.05, 0.1) is 6.61 Å². The zero-order valence-electron chi connectivity index (χ0n) is 10.3. The number of allylic oxidation sites excluding steroid dienone is 3. The molecule has 0 saturated carbocycles. The molecule has 0 fully saturated rings. The number of aryl methyl sites for hydroxylation is 1. The van der Waals surface area contributed by atoms with Crippen LogP contribution in [0.15, 0.2) is 36.4 Å². The summed E-state index contributed by atoms with van der Waals surface area (Å²) in [7, 11) is 0. The van der Waals surface area contributed by atoms with Gasteiger partial charge >= 0.3 is 5.97 Å². The zero-order valence-corrected chi connectivity index (χ0v) is 10.3. The van der Waals surface area contributed by atoms with Gasteiger partial charge in [-0.05, 0) is 48.6 Å². The Bertz CT molecular complexity index is 512. The molecule has 0 saturated heterocycles. The van der Waals surface area contributed by atoms with Gasteiger partial charge in [-0.3, -0.25) is 0 Å². The summed E-state index contributed by atoms with van der Waals surface area (Å²) in [4.78, 5) is 10.4. The minimum atomic E-state index is -0.933. The Labute approximate surface area is 106 Å². The van der Waals surface area contributed by atoms with Crippen molar-refractivity contribution in [3.63, 3.8) is 0 Å². The van der Waals surface area contributed by atoms with Gasteiger partial charge in [-0.25, -0.2) is 4.79 Å². The summed E-state index contributed by atoms with van der Waals surface area (Å²) in [6, 6.07) is 6.11.